The number of piperidine rings is 1. The van der Waals surface area contributed by atoms with Gasteiger partial charge >= 0.3 is 0 Å². The molecule has 0 aromatic heterocycles. The van der Waals surface area contributed by atoms with Crippen molar-refractivity contribution in [3.8, 4) is 5.75 Å². The fourth-order valence-electron chi connectivity index (χ4n) is 3.41. The van der Waals surface area contributed by atoms with Crippen molar-refractivity contribution in [2.45, 2.75) is 30.7 Å². The van der Waals surface area contributed by atoms with Gasteiger partial charge in [0.15, 0.2) is 0 Å². The molecule has 1 heterocycles. The Morgan fingerprint density at radius 3 is 2.61 bits per heavy atom. The lowest BCUT2D eigenvalue weighted by Crippen LogP contribution is -2.35. The highest BCUT2D eigenvalue weighted by molar-refractivity contribution is 7.89. The van der Waals surface area contributed by atoms with Gasteiger partial charge in [-0.1, -0.05) is 12.1 Å². The van der Waals surface area contributed by atoms with E-state index < -0.39 is 15.9 Å². The van der Waals surface area contributed by atoms with Crippen molar-refractivity contribution in [3.05, 3.63) is 53.6 Å². The number of ether oxygens (including phenoxy) is 1. The summed E-state index contributed by atoms with van der Waals surface area (Å²) in [6.07, 6.45) is 2.44. The highest BCUT2D eigenvalue weighted by Gasteiger charge is 2.24. The molecule has 0 bridgehead atoms. The Morgan fingerprint density at radius 2 is 1.94 bits per heavy atom. The normalized spacial score (nSPS) is 14.6. The molecular weight excluding hydrogens is 418 g/mol. The summed E-state index contributed by atoms with van der Waals surface area (Å²) >= 11 is 0. The van der Waals surface area contributed by atoms with E-state index in [0.29, 0.717) is 13.0 Å². The number of sulfonamides is 1. The topological polar surface area (TPSA) is 96.0 Å². The second-order valence-corrected chi connectivity index (χ2v) is 9.63. The Morgan fingerprint density at radius 1 is 1.16 bits per heavy atom. The van der Waals surface area contributed by atoms with Gasteiger partial charge in [0.2, 0.25) is 15.9 Å². The molecule has 166 valence electrons. The smallest absolute Gasteiger partial charge is 0.251 e. The minimum Gasteiger partial charge on any atom is -0.495 e. The van der Waals surface area contributed by atoms with Crippen LogP contribution >= 0.6 is 0 Å². The quantitative estimate of drug-likeness (QED) is 0.706. The maximum absolute atomic E-state index is 12.7. The van der Waals surface area contributed by atoms with Crippen LogP contribution in [-0.2, 0) is 21.4 Å². The number of anilines is 1. The van der Waals surface area contributed by atoms with E-state index in [4.69, 9.17) is 4.74 Å². The molecule has 2 aromatic rings. The van der Waals surface area contributed by atoms with E-state index in [1.165, 1.54) is 39.4 Å². The first-order chi connectivity index (χ1) is 14.7. The van der Waals surface area contributed by atoms with Crippen molar-refractivity contribution in [2.24, 2.45) is 0 Å². The number of hydrogen-bond acceptors (Lipinski definition) is 5. The first-order valence-electron chi connectivity index (χ1n) is 10.0. The van der Waals surface area contributed by atoms with Gasteiger partial charge in [-0.25, -0.2) is 12.7 Å². The number of rotatable bonds is 7. The number of hydrogen-bond donors (Lipinski definition) is 1. The third kappa shape index (κ3) is 5.05. The summed E-state index contributed by atoms with van der Waals surface area (Å²) in [6.45, 7) is 0.945. The van der Waals surface area contributed by atoms with E-state index in [-0.39, 0.29) is 28.7 Å². The zero-order valence-electron chi connectivity index (χ0n) is 17.9. The van der Waals surface area contributed by atoms with Crippen LogP contribution in [0.15, 0.2) is 47.4 Å². The predicted octanol–water partition coefficient (Wildman–Crippen LogP) is 2.39. The number of nitrogens with one attached hydrogen (secondary N) is 1. The van der Waals surface area contributed by atoms with E-state index >= 15 is 0 Å². The summed E-state index contributed by atoms with van der Waals surface area (Å²) in [5, 5.41) is 2.81. The number of carbonyl (C=O) groups is 2. The summed E-state index contributed by atoms with van der Waals surface area (Å²) < 4.78 is 31.3. The zero-order chi connectivity index (χ0) is 22.6. The van der Waals surface area contributed by atoms with Crippen LogP contribution in [0.3, 0.4) is 0 Å². The highest BCUT2D eigenvalue weighted by Crippen LogP contribution is 2.27. The SMILES string of the molecule is COc1ccc(C(=O)NCc2cccc(N3CCCCC3=O)c2)cc1S(=O)(=O)N(C)C. The van der Waals surface area contributed by atoms with Crippen molar-refractivity contribution in [2.75, 3.05) is 32.6 Å². The van der Waals surface area contributed by atoms with E-state index in [1.54, 1.807) is 4.90 Å². The molecule has 31 heavy (non-hydrogen) atoms. The van der Waals surface area contributed by atoms with Crippen LogP contribution in [0.25, 0.3) is 0 Å². The lowest BCUT2D eigenvalue weighted by atomic mass is 10.1. The molecule has 0 saturated carbocycles. The van der Waals surface area contributed by atoms with Gasteiger partial charge in [0, 0.05) is 44.9 Å². The number of carbonyl (C=O) groups excluding carboxylic acids is 2. The third-order valence-corrected chi connectivity index (χ3v) is 7.02. The predicted molar refractivity (Wildman–Crippen MR) is 118 cm³/mol. The molecule has 1 aliphatic rings. The molecule has 0 radical (unpaired) electrons. The number of methoxy groups -OCH3 is 1. The molecule has 1 fully saturated rings. The number of amides is 2. The molecule has 8 nitrogen and oxygen atoms in total. The van der Waals surface area contributed by atoms with Crippen molar-refractivity contribution >= 4 is 27.5 Å². The average molecular weight is 446 g/mol. The molecule has 1 aliphatic heterocycles. The van der Waals surface area contributed by atoms with Crippen LogP contribution in [-0.4, -0.2) is 52.3 Å². The number of benzene rings is 2. The second kappa shape index (κ2) is 9.49. The van der Waals surface area contributed by atoms with Gasteiger partial charge in [-0.3, -0.25) is 9.59 Å². The van der Waals surface area contributed by atoms with Crippen LogP contribution < -0.4 is 15.0 Å². The molecule has 0 atom stereocenters. The molecule has 2 aromatic carbocycles. The third-order valence-electron chi connectivity index (χ3n) is 5.18. The Kier molecular flexibility index (Phi) is 6.97. The standard InChI is InChI=1S/C22H27N3O5S/c1-24(2)31(28,29)20-14-17(10-11-19(20)30-3)22(27)23-15-16-7-6-8-18(13-16)25-12-5-4-9-21(25)26/h6-8,10-11,13-14H,4-5,9,12,15H2,1-3H3,(H,23,27). The molecular formula is C22H27N3O5S. The van der Waals surface area contributed by atoms with Crippen LogP contribution in [0.4, 0.5) is 5.69 Å². The van der Waals surface area contributed by atoms with Crippen LogP contribution in [0.2, 0.25) is 0 Å². The largest absolute Gasteiger partial charge is 0.495 e. The minimum absolute atomic E-state index is 0.0711. The first kappa shape index (κ1) is 22.8. The van der Waals surface area contributed by atoms with Gasteiger partial charge in [-0.05, 0) is 48.7 Å². The van der Waals surface area contributed by atoms with Crippen molar-refractivity contribution in [1.29, 1.82) is 0 Å². The summed E-state index contributed by atoms with van der Waals surface area (Å²) in [7, 11) is 0.440. The van der Waals surface area contributed by atoms with E-state index in [9.17, 15) is 18.0 Å². The Bertz CT molecular complexity index is 1080. The first-order valence-corrected chi connectivity index (χ1v) is 11.5. The summed E-state index contributed by atoms with van der Waals surface area (Å²) in [5.41, 5.74) is 1.88. The summed E-state index contributed by atoms with van der Waals surface area (Å²) in [4.78, 5) is 26.5. The van der Waals surface area contributed by atoms with Crippen LogP contribution in [0.5, 0.6) is 5.75 Å². The lowest BCUT2D eigenvalue weighted by molar-refractivity contribution is -0.119. The fourth-order valence-corrected chi connectivity index (χ4v) is 4.49. The average Bonchev–Trinajstić information content (AvgIpc) is 2.77. The van der Waals surface area contributed by atoms with Crippen molar-refractivity contribution in [1.82, 2.24) is 9.62 Å². The lowest BCUT2D eigenvalue weighted by Gasteiger charge is -2.27. The van der Waals surface area contributed by atoms with E-state index in [1.807, 2.05) is 24.3 Å². The summed E-state index contributed by atoms with van der Waals surface area (Å²) in [5.74, 6) is -0.123. The Hall–Kier alpha value is -2.91. The van der Waals surface area contributed by atoms with Gasteiger partial charge in [-0.15, -0.1) is 0 Å². The van der Waals surface area contributed by atoms with Gasteiger partial charge < -0.3 is 15.0 Å². The molecule has 2 amide bonds. The van der Waals surface area contributed by atoms with Gasteiger partial charge in [0.1, 0.15) is 10.6 Å². The Labute approximate surface area is 182 Å². The molecule has 9 heteroatoms. The summed E-state index contributed by atoms with van der Waals surface area (Å²) in [6, 6.07) is 11.8. The van der Waals surface area contributed by atoms with E-state index in [0.717, 1.165) is 28.4 Å². The molecule has 0 unspecified atom stereocenters. The minimum atomic E-state index is -3.78. The van der Waals surface area contributed by atoms with Gasteiger partial charge in [0.05, 0.1) is 7.11 Å². The van der Waals surface area contributed by atoms with Crippen LogP contribution in [0.1, 0.15) is 35.2 Å². The second-order valence-electron chi connectivity index (χ2n) is 7.51. The molecule has 0 spiro atoms. The van der Waals surface area contributed by atoms with Crippen molar-refractivity contribution < 1.29 is 22.7 Å². The maximum atomic E-state index is 12.7. The van der Waals surface area contributed by atoms with Gasteiger partial charge in [0.25, 0.3) is 5.91 Å². The maximum Gasteiger partial charge on any atom is 0.251 e. The highest BCUT2D eigenvalue weighted by atomic mass is 32.2. The Balaban J connectivity index is 1.76. The number of nitrogens with zero attached hydrogens (tertiary/aromatic N) is 2. The van der Waals surface area contributed by atoms with Crippen LogP contribution in [0, 0.1) is 0 Å². The van der Waals surface area contributed by atoms with Gasteiger partial charge in [-0.2, -0.15) is 0 Å². The zero-order valence-corrected chi connectivity index (χ0v) is 18.7. The molecule has 1 saturated heterocycles. The molecule has 3 rings (SSSR count). The van der Waals surface area contributed by atoms with E-state index in [2.05, 4.69) is 5.32 Å². The monoisotopic (exact) mass is 445 g/mol. The van der Waals surface area contributed by atoms with Crippen molar-refractivity contribution in [3.63, 3.8) is 0 Å². The fraction of sp³-hybridized carbons (Fsp3) is 0.364. The molecule has 1 N–H and O–H groups in total. The molecule has 0 aliphatic carbocycles.